The molecule has 2 aromatic carbocycles. The molecule has 0 aromatic heterocycles. The number of carbonyl (C=O) groups excluding carboxylic acids is 2. The van der Waals surface area contributed by atoms with Gasteiger partial charge in [0.05, 0.1) is 24.6 Å². The summed E-state index contributed by atoms with van der Waals surface area (Å²) >= 11 is 0. The molecule has 2 aromatic rings. The van der Waals surface area contributed by atoms with E-state index in [0.717, 1.165) is 55.5 Å². The molecule has 1 fully saturated rings. The molecule has 2 heterocycles. The van der Waals surface area contributed by atoms with Crippen LogP contribution in [0.3, 0.4) is 0 Å². The molecular weight excluding hydrogens is 506 g/mol. The van der Waals surface area contributed by atoms with E-state index < -0.39 is 27.8 Å². The molecule has 0 unspecified atom stereocenters. The molecule has 38 heavy (non-hydrogen) atoms. The Kier molecular flexibility index (Phi) is 8.93. The normalized spacial score (nSPS) is 19.0. The average molecular weight is 536 g/mol. The molecule has 2 aliphatic heterocycles. The smallest absolute Gasteiger partial charge is 0.320 e. The molecule has 10 nitrogen and oxygen atoms in total. The second-order valence-electron chi connectivity index (χ2n) is 9.18. The zero-order valence-corrected chi connectivity index (χ0v) is 21.7. The van der Waals surface area contributed by atoms with E-state index in [2.05, 4.69) is 36.8 Å². The lowest BCUT2D eigenvalue weighted by Crippen LogP contribution is -2.52. The lowest BCUT2D eigenvalue weighted by atomic mass is 9.98. The number of amides is 1. The molecule has 0 saturated carbocycles. The van der Waals surface area contributed by atoms with Gasteiger partial charge in [0.1, 0.15) is 6.34 Å². The van der Waals surface area contributed by atoms with Crippen LogP contribution < -0.4 is 10.0 Å². The Morgan fingerprint density at radius 2 is 1.76 bits per heavy atom. The summed E-state index contributed by atoms with van der Waals surface area (Å²) in [4.78, 5) is 33.1. The Morgan fingerprint density at radius 1 is 1.11 bits per heavy atom. The largest absolute Gasteiger partial charge is 0.395 e. The number of nitrogens with zero attached hydrogens (tertiary/aromatic N) is 3. The predicted octanol–water partition coefficient (Wildman–Crippen LogP) is 0.412. The molecule has 198 valence electrons. The van der Waals surface area contributed by atoms with Gasteiger partial charge in [-0.05, 0) is 35.4 Å². The fourth-order valence-electron chi connectivity index (χ4n) is 4.28. The number of hydrogen-bond donors (Lipinski definition) is 3. The second-order valence-corrected chi connectivity index (χ2v) is 11.0. The van der Waals surface area contributed by atoms with Crippen molar-refractivity contribution in [1.29, 1.82) is 0 Å². The van der Waals surface area contributed by atoms with Crippen molar-refractivity contribution in [3.8, 4) is 11.8 Å². The Bertz CT molecular complexity index is 1410. The summed E-state index contributed by atoms with van der Waals surface area (Å²) in [5, 5.41) is 12.9. The number of benzene rings is 2. The number of aliphatic hydroxyl groups is 1. The summed E-state index contributed by atoms with van der Waals surface area (Å²) in [6.07, 6.45) is 1.93. The third-order valence-corrected chi connectivity index (χ3v) is 7.00. The van der Waals surface area contributed by atoms with Gasteiger partial charge in [0.15, 0.2) is 0 Å². The first-order chi connectivity index (χ1) is 18.2. The van der Waals surface area contributed by atoms with Crippen LogP contribution in [0.25, 0.3) is 0 Å². The van der Waals surface area contributed by atoms with Gasteiger partial charge in [-0.15, -0.1) is 0 Å². The molecule has 4 rings (SSSR count). The Hall–Kier alpha value is -3.53. The number of aliphatic imine (C=N–C) groups is 2. The summed E-state index contributed by atoms with van der Waals surface area (Å²) in [5.41, 5.74) is 3.29. The van der Waals surface area contributed by atoms with E-state index in [9.17, 15) is 23.1 Å². The highest BCUT2D eigenvalue weighted by Crippen LogP contribution is 2.20. The topological polar surface area (TPSA) is 141 Å². The van der Waals surface area contributed by atoms with Crippen molar-refractivity contribution >= 4 is 33.8 Å². The molecule has 0 aliphatic carbocycles. The summed E-state index contributed by atoms with van der Waals surface area (Å²) in [6.45, 7) is 3.47. The zero-order valence-electron chi connectivity index (χ0n) is 20.9. The minimum absolute atomic E-state index is 0.0534. The van der Waals surface area contributed by atoms with Crippen LogP contribution in [-0.4, -0.2) is 80.7 Å². The van der Waals surface area contributed by atoms with Gasteiger partial charge in [0, 0.05) is 49.8 Å². The predicted molar refractivity (Wildman–Crippen MR) is 144 cm³/mol. The van der Waals surface area contributed by atoms with Gasteiger partial charge < -0.3 is 10.4 Å². The highest BCUT2D eigenvalue weighted by atomic mass is 32.2. The monoisotopic (exact) mass is 535 g/mol. The van der Waals surface area contributed by atoms with E-state index in [0.29, 0.717) is 5.56 Å². The second kappa shape index (κ2) is 12.3. The van der Waals surface area contributed by atoms with Crippen LogP contribution in [0.1, 0.15) is 34.7 Å². The molecular formula is C27H29N5O5S. The lowest BCUT2D eigenvalue weighted by molar-refractivity contribution is -0.132. The van der Waals surface area contributed by atoms with Crippen molar-refractivity contribution in [3.05, 3.63) is 70.8 Å². The van der Waals surface area contributed by atoms with E-state index in [1.54, 1.807) is 24.3 Å². The molecule has 11 heteroatoms. The summed E-state index contributed by atoms with van der Waals surface area (Å²) in [7, 11) is -3.61. The zero-order chi connectivity index (χ0) is 27.1. The fourth-order valence-corrected chi connectivity index (χ4v) is 5.01. The van der Waals surface area contributed by atoms with Crippen molar-refractivity contribution in [1.82, 2.24) is 14.9 Å². The Labute approximate surface area is 221 Å². The number of carbonyl (C=O) groups is 2. The van der Waals surface area contributed by atoms with Crippen LogP contribution in [0.15, 0.2) is 58.5 Å². The average Bonchev–Trinajstić information content (AvgIpc) is 2.90. The van der Waals surface area contributed by atoms with Gasteiger partial charge in [-0.3, -0.25) is 14.5 Å². The first kappa shape index (κ1) is 27.5. The van der Waals surface area contributed by atoms with E-state index >= 15 is 0 Å². The maximum Gasteiger partial charge on any atom is 0.320 e. The van der Waals surface area contributed by atoms with Gasteiger partial charge in [-0.25, -0.2) is 18.1 Å². The van der Waals surface area contributed by atoms with Gasteiger partial charge in [0.25, 0.3) is 5.78 Å². The molecule has 0 radical (unpaired) electrons. The SMILES string of the molecule is CS(=O)(=O)N[C@@H](CC1=NC=NC(=O)C1=O)c1ccc(C#Cc2ccc(CN3CCNC[C@H]3CO)cc2)cc1. The molecule has 1 amide bonds. The number of ketones is 1. The third kappa shape index (κ3) is 7.50. The Morgan fingerprint density at radius 3 is 2.39 bits per heavy atom. The van der Waals surface area contributed by atoms with E-state index in [-0.39, 0.29) is 24.8 Å². The number of aliphatic hydroxyl groups excluding tert-OH is 1. The lowest BCUT2D eigenvalue weighted by Gasteiger charge is -2.35. The van der Waals surface area contributed by atoms with Crippen LogP contribution >= 0.6 is 0 Å². The first-order valence-electron chi connectivity index (χ1n) is 12.1. The molecule has 2 atom stereocenters. The van der Waals surface area contributed by atoms with Crippen LogP contribution in [0.5, 0.6) is 0 Å². The summed E-state index contributed by atoms with van der Waals surface area (Å²) < 4.78 is 26.4. The van der Waals surface area contributed by atoms with Crippen LogP contribution in [0, 0.1) is 11.8 Å². The number of hydrogen-bond acceptors (Lipinski definition) is 8. The fraction of sp³-hybridized carbons (Fsp3) is 0.333. The molecule has 0 spiro atoms. The van der Waals surface area contributed by atoms with Crippen molar-refractivity contribution in [2.75, 3.05) is 32.5 Å². The molecule has 3 N–H and O–H groups in total. The Balaban J connectivity index is 1.43. The standard InChI is InChI=1S/C27H29N5O5S/c1-38(36,37)31-24(14-25-26(34)27(35)30-18-29-25)22-10-8-20(9-11-22)3-2-19-4-6-21(7-5-19)16-32-13-12-28-15-23(32)17-33/h4-11,18,23-24,28,31,33H,12-17H2,1H3/t23-,24-/m0/s1. The van der Waals surface area contributed by atoms with E-state index in [1.807, 2.05) is 24.3 Å². The number of piperazine rings is 1. The minimum atomic E-state index is -3.61. The molecule has 0 bridgehead atoms. The van der Waals surface area contributed by atoms with Crippen molar-refractivity contribution in [2.24, 2.45) is 9.98 Å². The van der Waals surface area contributed by atoms with Gasteiger partial charge in [-0.1, -0.05) is 36.1 Å². The van der Waals surface area contributed by atoms with Gasteiger partial charge in [-0.2, -0.15) is 4.99 Å². The number of Topliss-reactive ketones (excluding diaryl/α,β-unsaturated/α-hetero) is 1. The minimum Gasteiger partial charge on any atom is -0.395 e. The highest BCUT2D eigenvalue weighted by molar-refractivity contribution is 7.88. The van der Waals surface area contributed by atoms with Crippen molar-refractivity contribution in [3.63, 3.8) is 0 Å². The van der Waals surface area contributed by atoms with Crippen molar-refractivity contribution in [2.45, 2.75) is 25.0 Å². The summed E-state index contributed by atoms with van der Waals surface area (Å²) in [6, 6.07) is 14.3. The van der Waals surface area contributed by atoms with Crippen molar-refractivity contribution < 1.29 is 23.1 Å². The molecule has 2 aliphatic rings. The number of sulfonamides is 1. The van der Waals surface area contributed by atoms with E-state index in [1.165, 1.54) is 0 Å². The quantitative estimate of drug-likeness (QED) is 0.329. The molecule has 1 saturated heterocycles. The van der Waals surface area contributed by atoms with E-state index in [4.69, 9.17) is 0 Å². The number of nitrogens with one attached hydrogen (secondary N) is 2. The maximum absolute atomic E-state index is 12.1. The summed E-state index contributed by atoms with van der Waals surface area (Å²) in [5.74, 6) is 4.47. The van der Waals surface area contributed by atoms with Crippen LogP contribution in [0.2, 0.25) is 0 Å². The third-order valence-electron chi connectivity index (χ3n) is 6.29. The van der Waals surface area contributed by atoms with Gasteiger partial charge in [0.2, 0.25) is 10.0 Å². The van der Waals surface area contributed by atoms with Crippen LogP contribution in [-0.2, 0) is 26.2 Å². The van der Waals surface area contributed by atoms with Gasteiger partial charge >= 0.3 is 5.91 Å². The first-order valence-corrected chi connectivity index (χ1v) is 14.0. The van der Waals surface area contributed by atoms with Crippen LogP contribution in [0.4, 0.5) is 0 Å². The maximum atomic E-state index is 12.1. The highest BCUT2D eigenvalue weighted by Gasteiger charge is 2.27. The number of rotatable bonds is 8.